The standard InChI is InChI=1S/C24H28N2O3/c1-18(2)29-22-9-5-4-8-21(22)16-26-14-19-10-11-23(27-3)24(13-19)28-17-20-7-6-12-25-15-20/h4-13,15,18,26H,14,16-17H2,1-3H3. The van der Waals surface area contributed by atoms with Crippen molar-refractivity contribution < 1.29 is 14.2 Å². The summed E-state index contributed by atoms with van der Waals surface area (Å²) in [5.74, 6) is 2.36. The van der Waals surface area contributed by atoms with E-state index in [2.05, 4.69) is 16.4 Å². The van der Waals surface area contributed by atoms with Crippen molar-refractivity contribution >= 4 is 0 Å². The van der Waals surface area contributed by atoms with Gasteiger partial charge in [-0.05, 0) is 43.7 Å². The SMILES string of the molecule is COc1ccc(CNCc2ccccc2OC(C)C)cc1OCc1cccnc1. The zero-order valence-corrected chi connectivity index (χ0v) is 17.2. The molecule has 1 aromatic heterocycles. The molecule has 0 aliphatic rings. The average Bonchev–Trinajstić information content (AvgIpc) is 2.74. The lowest BCUT2D eigenvalue weighted by atomic mass is 10.1. The maximum Gasteiger partial charge on any atom is 0.161 e. The van der Waals surface area contributed by atoms with Crippen LogP contribution in [0.25, 0.3) is 0 Å². The number of aromatic nitrogens is 1. The zero-order chi connectivity index (χ0) is 20.5. The van der Waals surface area contributed by atoms with E-state index in [-0.39, 0.29) is 6.10 Å². The molecule has 1 heterocycles. The molecule has 2 aromatic carbocycles. The fraction of sp³-hybridized carbons (Fsp3) is 0.292. The number of hydrogen-bond donors (Lipinski definition) is 1. The summed E-state index contributed by atoms with van der Waals surface area (Å²) in [5.41, 5.74) is 3.27. The molecule has 29 heavy (non-hydrogen) atoms. The zero-order valence-electron chi connectivity index (χ0n) is 17.2. The summed E-state index contributed by atoms with van der Waals surface area (Å²) in [6.45, 7) is 5.95. The van der Waals surface area contributed by atoms with Gasteiger partial charge in [0.15, 0.2) is 11.5 Å². The Kier molecular flexibility index (Phi) is 7.47. The lowest BCUT2D eigenvalue weighted by Gasteiger charge is -2.15. The van der Waals surface area contributed by atoms with Crippen LogP contribution in [0.1, 0.15) is 30.5 Å². The monoisotopic (exact) mass is 392 g/mol. The number of nitrogens with one attached hydrogen (secondary N) is 1. The number of para-hydroxylation sites is 1. The first-order chi connectivity index (χ1) is 14.2. The Hall–Kier alpha value is -3.05. The summed E-state index contributed by atoms with van der Waals surface area (Å²) in [4.78, 5) is 4.12. The summed E-state index contributed by atoms with van der Waals surface area (Å²) in [6.07, 6.45) is 3.70. The first-order valence-corrected chi connectivity index (χ1v) is 9.79. The number of ether oxygens (including phenoxy) is 3. The lowest BCUT2D eigenvalue weighted by Crippen LogP contribution is -2.15. The van der Waals surface area contributed by atoms with E-state index in [1.807, 2.05) is 62.4 Å². The van der Waals surface area contributed by atoms with E-state index in [4.69, 9.17) is 14.2 Å². The molecule has 0 bridgehead atoms. The number of pyridine rings is 1. The molecule has 3 aromatic rings. The van der Waals surface area contributed by atoms with E-state index >= 15 is 0 Å². The Bertz CT molecular complexity index is 898. The van der Waals surface area contributed by atoms with Crippen LogP contribution in [0.4, 0.5) is 0 Å². The van der Waals surface area contributed by atoms with Gasteiger partial charge in [-0.25, -0.2) is 0 Å². The molecule has 0 saturated heterocycles. The van der Waals surface area contributed by atoms with Crippen molar-refractivity contribution in [2.75, 3.05) is 7.11 Å². The Labute approximate surface area is 172 Å². The predicted octanol–water partition coefficient (Wildman–Crippen LogP) is 4.75. The van der Waals surface area contributed by atoms with Gasteiger partial charge in [0, 0.05) is 36.6 Å². The molecule has 0 radical (unpaired) electrons. The number of benzene rings is 2. The highest BCUT2D eigenvalue weighted by atomic mass is 16.5. The molecule has 3 rings (SSSR count). The number of hydrogen-bond acceptors (Lipinski definition) is 5. The van der Waals surface area contributed by atoms with Crippen LogP contribution in [-0.4, -0.2) is 18.2 Å². The molecule has 5 nitrogen and oxygen atoms in total. The lowest BCUT2D eigenvalue weighted by molar-refractivity contribution is 0.239. The Morgan fingerprint density at radius 1 is 0.897 bits per heavy atom. The molecule has 0 spiro atoms. The summed E-state index contributed by atoms with van der Waals surface area (Å²) >= 11 is 0. The Morgan fingerprint density at radius 2 is 1.76 bits per heavy atom. The van der Waals surface area contributed by atoms with Crippen LogP contribution in [0, 0.1) is 0 Å². The van der Waals surface area contributed by atoms with E-state index in [1.54, 1.807) is 19.5 Å². The quantitative estimate of drug-likeness (QED) is 0.540. The van der Waals surface area contributed by atoms with Crippen LogP contribution in [0.2, 0.25) is 0 Å². The summed E-state index contributed by atoms with van der Waals surface area (Å²) < 4.78 is 17.3. The highest BCUT2D eigenvalue weighted by Crippen LogP contribution is 2.29. The second kappa shape index (κ2) is 10.5. The van der Waals surface area contributed by atoms with Crippen molar-refractivity contribution in [2.45, 2.75) is 39.6 Å². The third-order valence-electron chi connectivity index (χ3n) is 4.33. The minimum Gasteiger partial charge on any atom is -0.493 e. The van der Waals surface area contributed by atoms with Crippen LogP contribution < -0.4 is 19.5 Å². The average molecular weight is 392 g/mol. The number of rotatable bonds is 10. The van der Waals surface area contributed by atoms with E-state index in [9.17, 15) is 0 Å². The van der Waals surface area contributed by atoms with Gasteiger partial charge in [0.2, 0.25) is 0 Å². The number of methoxy groups -OCH3 is 1. The smallest absolute Gasteiger partial charge is 0.161 e. The van der Waals surface area contributed by atoms with Crippen molar-refractivity contribution in [2.24, 2.45) is 0 Å². The summed E-state index contributed by atoms with van der Waals surface area (Å²) in [6, 6.07) is 18.0. The highest BCUT2D eigenvalue weighted by Gasteiger charge is 2.08. The minimum absolute atomic E-state index is 0.150. The van der Waals surface area contributed by atoms with Gasteiger partial charge >= 0.3 is 0 Å². The molecule has 5 heteroatoms. The van der Waals surface area contributed by atoms with Crippen molar-refractivity contribution in [1.29, 1.82) is 0 Å². The largest absolute Gasteiger partial charge is 0.493 e. The maximum atomic E-state index is 5.97. The van der Waals surface area contributed by atoms with E-state index in [1.165, 1.54) is 0 Å². The second-order valence-electron chi connectivity index (χ2n) is 7.01. The van der Waals surface area contributed by atoms with Gasteiger partial charge in [-0.15, -0.1) is 0 Å². The van der Waals surface area contributed by atoms with Crippen molar-refractivity contribution in [3.05, 3.63) is 83.7 Å². The molecule has 1 N–H and O–H groups in total. The first-order valence-electron chi connectivity index (χ1n) is 9.79. The fourth-order valence-corrected chi connectivity index (χ4v) is 2.95. The summed E-state index contributed by atoms with van der Waals surface area (Å²) in [7, 11) is 1.65. The van der Waals surface area contributed by atoms with Gasteiger partial charge in [0.05, 0.1) is 13.2 Å². The van der Waals surface area contributed by atoms with Gasteiger partial charge in [0.25, 0.3) is 0 Å². The number of nitrogens with zero attached hydrogens (tertiary/aromatic N) is 1. The summed E-state index contributed by atoms with van der Waals surface area (Å²) in [5, 5.41) is 3.48. The topological polar surface area (TPSA) is 52.6 Å². The van der Waals surface area contributed by atoms with E-state index in [0.717, 1.165) is 34.7 Å². The van der Waals surface area contributed by atoms with Crippen LogP contribution >= 0.6 is 0 Å². The molecule has 152 valence electrons. The normalized spacial score (nSPS) is 10.8. The predicted molar refractivity (Wildman–Crippen MR) is 114 cm³/mol. The fourth-order valence-electron chi connectivity index (χ4n) is 2.95. The first kappa shape index (κ1) is 20.7. The van der Waals surface area contributed by atoms with E-state index in [0.29, 0.717) is 18.9 Å². The molecule has 0 atom stereocenters. The Balaban J connectivity index is 1.61. The van der Waals surface area contributed by atoms with E-state index < -0.39 is 0 Å². The van der Waals surface area contributed by atoms with Crippen LogP contribution in [0.3, 0.4) is 0 Å². The van der Waals surface area contributed by atoms with Gasteiger partial charge in [-0.2, -0.15) is 0 Å². The van der Waals surface area contributed by atoms with Crippen LogP contribution in [0.5, 0.6) is 17.2 Å². The molecule has 0 fully saturated rings. The third kappa shape index (κ3) is 6.22. The molecule has 0 aliphatic carbocycles. The second-order valence-corrected chi connectivity index (χ2v) is 7.01. The molecule has 0 aliphatic heterocycles. The molecular formula is C24H28N2O3. The van der Waals surface area contributed by atoms with Crippen molar-refractivity contribution in [3.63, 3.8) is 0 Å². The molecule has 0 unspecified atom stereocenters. The highest BCUT2D eigenvalue weighted by molar-refractivity contribution is 5.43. The van der Waals surface area contributed by atoms with Crippen LogP contribution in [0.15, 0.2) is 67.0 Å². The third-order valence-corrected chi connectivity index (χ3v) is 4.33. The molecule has 0 amide bonds. The van der Waals surface area contributed by atoms with Gasteiger partial charge < -0.3 is 19.5 Å². The van der Waals surface area contributed by atoms with Crippen molar-refractivity contribution in [3.8, 4) is 17.2 Å². The van der Waals surface area contributed by atoms with Crippen LogP contribution in [-0.2, 0) is 19.7 Å². The van der Waals surface area contributed by atoms with Gasteiger partial charge in [-0.3, -0.25) is 4.98 Å². The maximum absolute atomic E-state index is 5.97. The minimum atomic E-state index is 0.150. The Morgan fingerprint density at radius 3 is 2.52 bits per heavy atom. The molecule has 0 saturated carbocycles. The van der Waals surface area contributed by atoms with Gasteiger partial charge in [-0.1, -0.05) is 30.3 Å². The molecular weight excluding hydrogens is 364 g/mol. The van der Waals surface area contributed by atoms with Gasteiger partial charge in [0.1, 0.15) is 12.4 Å². The van der Waals surface area contributed by atoms with Crippen molar-refractivity contribution in [1.82, 2.24) is 10.3 Å².